The van der Waals surface area contributed by atoms with Crippen LogP contribution in [0.5, 0.6) is 0 Å². The summed E-state index contributed by atoms with van der Waals surface area (Å²) in [5.41, 5.74) is 5.54. The molecule has 0 saturated heterocycles. The topological polar surface area (TPSA) is 41.5 Å². The van der Waals surface area contributed by atoms with Gasteiger partial charge in [0.25, 0.3) is 0 Å². The molecule has 0 spiro atoms. The van der Waals surface area contributed by atoms with Gasteiger partial charge in [-0.25, -0.2) is 0 Å². The molecule has 3 nitrogen and oxygen atoms in total. The summed E-state index contributed by atoms with van der Waals surface area (Å²) in [5.74, 6) is -0.0503. The third-order valence-corrected chi connectivity index (χ3v) is 3.90. The number of benzene rings is 2. The lowest BCUT2D eigenvalue weighted by Crippen LogP contribution is -2.15. The zero-order chi connectivity index (χ0) is 15.0. The standard InChI is InChI=1S/C17H15ClN2O/c1-10-7-15-16(8-11(10)2)20-17(21)9-14(19-15)12-3-5-13(18)6-4-12/h3-8H,9H2,1-2H3,(H,20,21). The highest BCUT2D eigenvalue weighted by Crippen LogP contribution is 2.32. The molecule has 1 aliphatic heterocycles. The van der Waals surface area contributed by atoms with Gasteiger partial charge in [0.05, 0.1) is 23.5 Å². The van der Waals surface area contributed by atoms with Gasteiger partial charge in [-0.1, -0.05) is 23.7 Å². The second-order valence-electron chi connectivity index (χ2n) is 5.24. The monoisotopic (exact) mass is 298 g/mol. The van der Waals surface area contributed by atoms with Crippen LogP contribution in [0, 0.1) is 13.8 Å². The molecule has 0 radical (unpaired) electrons. The molecule has 21 heavy (non-hydrogen) atoms. The van der Waals surface area contributed by atoms with Crippen molar-refractivity contribution < 1.29 is 4.79 Å². The highest BCUT2D eigenvalue weighted by Gasteiger charge is 2.17. The Morgan fingerprint density at radius 2 is 1.76 bits per heavy atom. The molecule has 0 atom stereocenters. The first-order valence-electron chi connectivity index (χ1n) is 6.77. The first-order valence-corrected chi connectivity index (χ1v) is 7.15. The average molecular weight is 299 g/mol. The Balaban J connectivity index is 2.12. The number of nitrogens with zero attached hydrogens (tertiary/aromatic N) is 1. The summed E-state index contributed by atoms with van der Waals surface area (Å²) < 4.78 is 0. The number of rotatable bonds is 1. The number of aryl methyl sites for hydroxylation is 2. The summed E-state index contributed by atoms with van der Waals surface area (Å²) in [6.45, 7) is 4.07. The van der Waals surface area contributed by atoms with Gasteiger partial charge < -0.3 is 5.32 Å². The van der Waals surface area contributed by atoms with Crippen molar-refractivity contribution in [2.45, 2.75) is 20.3 Å². The van der Waals surface area contributed by atoms with Gasteiger partial charge in [0, 0.05) is 5.02 Å². The second kappa shape index (κ2) is 5.34. The molecule has 0 unspecified atom stereocenters. The normalized spacial score (nSPS) is 14.0. The van der Waals surface area contributed by atoms with E-state index in [1.54, 1.807) is 0 Å². The average Bonchev–Trinajstić information content (AvgIpc) is 2.59. The zero-order valence-electron chi connectivity index (χ0n) is 11.9. The summed E-state index contributed by atoms with van der Waals surface area (Å²) in [7, 11) is 0. The summed E-state index contributed by atoms with van der Waals surface area (Å²) in [5, 5.41) is 3.59. The van der Waals surface area contributed by atoms with Crippen molar-refractivity contribution in [3.8, 4) is 0 Å². The van der Waals surface area contributed by atoms with Crippen LogP contribution in [-0.2, 0) is 4.79 Å². The lowest BCUT2D eigenvalue weighted by molar-refractivity contribution is -0.115. The molecule has 2 aromatic rings. The van der Waals surface area contributed by atoms with Crippen molar-refractivity contribution in [2.75, 3.05) is 5.32 Å². The summed E-state index contributed by atoms with van der Waals surface area (Å²) in [4.78, 5) is 16.8. The van der Waals surface area contributed by atoms with Crippen molar-refractivity contribution in [3.63, 3.8) is 0 Å². The second-order valence-corrected chi connectivity index (χ2v) is 5.68. The minimum absolute atomic E-state index is 0.0503. The van der Waals surface area contributed by atoms with Crippen LogP contribution in [0.2, 0.25) is 5.02 Å². The van der Waals surface area contributed by atoms with E-state index >= 15 is 0 Å². The molecular formula is C17H15ClN2O. The smallest absolute Gasteiger partial charge is 0.230 e. The maximum atomic E-state index is 12.1. The van der Waals surface area contributed by atoms with Crippen molar-refractivity contribution in [1.29, 1.82) is 0 Å². The highest BCUT2D eigenvalue weighted by molar-refractivity contribution is 6.30. The SMILES string of the molecule is Cc1cc2c(cc1C)NC(=O)CC(c1ccc(Cl)cc1)=N2. The molecule has 1 amide bonds. The molecule has 106 valence electrons. The minimum atomic E-state index is -0.0503. The number of carbonyl (C=O) groups is 1. The largest absolute Gasteiger partial charge is 0.324 e. The van der Waals surface area contributed by atoms with Gasteiger partial charge >= 0.3 is 0 Å². The van der Waals surface area contributed by atoms with E-state index in [0.717, 1.165) is 33.8 Å². The van der Waals surface area contributed by atoms with Crippen LogP contribution in [0.15, 0.2) is 41.4 Å². The van der Waals surface area contributed by atoms with Crippen LogP contribution < -0.4 is 5.32 Å². The van der Waals surface area contributed by atoms with E-state index in [1.807, 2.05) is 50.2 Å². The van der Waals surface area contributed by atoms with Gasteiger partial charge in [0.15, 0.2) is 0 Å². The molecule has 4 heteroatoms. The third kappa shape index (κ3) is 2.83. The molecule has 0 aromatic heterocycles. The fraction of sp³-hybridized carbons (Fsp3) is 0.176. The van der Waals surface area contributed by atoms with Gasteiger partial charge in [-0.2, -0.15) is 0 Å². The number of hydrogen-bond donors (Lipinski definition) is 1. The summed E-state index contributed by atoms with van der Waals surface area (Å²) >= 11 is 5.91. The number of amides is 1. The Kier molecular flexibility index (Phi) is 3.52. The zero-order valence-corrected chi connectivity index (χ0v) is 12.7. The number of aliphatic imine (C=N–C) groups is 1. The Morgan fingerprint density at radius 3 is 2.48 bits per heavy atom. The third-order valence-electron chi connectivity index (χ3n) is 3.65. The molecule has 0 bridgehead atoms. The lowest BCUT2D eigenvalue weighted by Gasteiger charge is -2.08. The van der Waals surface area contributed by atoms with Gasteiger partial charge in [-0.3, -0.25) is 9.79 Å². The van der Waals surface area contributed by atoms with E-state index < -0.39 is 0 Å². The first kappa shape index (κ1) is 13.8. The number of anilines is 1. The van der Waals surface area contributed by atoms with Crippen LogP contribution >= 0.6 is 11.6 Å². The lowest BCUT2D eigenvalue weighted by atomic mass is 10.1. The first-order chi connectivity index (χ1) is 10.0. The number of halogens is 1. The van der Waals surface area contributed by atoms with Gasteiger partial charge in [0.1, 0.15) is 0 Å². The Bertz CT molecular complexity index is 748. The van der Waals surface area contributed by atoms with E-state index in [4.69, 9.17) is 11.6 Å². The van der Waals surface area contributed by atoms with Gasteiger partial charge in [-0.05, 0) is 54.8 Å². The minimum Gasteiger partial charge on any atom is -0.324 e. The van der Waals surface area contributed by atoms with E-state index in [-0.39, 0.29) is 12.3 Å². The van der Waals surface area contributed by atoms with Crippen LogP contribution in [0.4, 0.5) is 11.4 Å². The molecule has 1 N–H and O–H groups in total. The number of nitrogens with one attached hydrogen (secondary N) is 1. The summed E-state index contributed by atoms with van der Waals surface area (Å²) in [6.07, 6.45) is 0.258. The molecule has 0 aliphatic carbocycles. The van der Waals surface area contributed by atoms with Gasteiger partial charge in [0.2, 0.25) is 5.91 Å². The molecule has 1 aliphatic rings. The Morgan fingerprint density at radius 1 is 1.10 bits per heavy atom. The van der Waals surface area contributed by atoms with Crippen molar-refractivity contribution in [2.24, 2.45) is 4.99 Å². The molecule has 3 rings (SSSR count). The van der Waals surface area contributed by atoms with Crippen LogP contribution in [0.25, 0.3) is 0 Å². The molecule has 1 heterocycles. The maximum absolute atomic E-state index is 12.1. The maximum Gasteiger partial charge on any atom is 0.230 e. The van der Waals surface area contributed by atoms with E-state index in [1.165, 1.54) is 0 Å². The number of fused-ring (bicyclic) bond motifs is 1. The predicted octanol–water partition coefficient (Wildman–Crippen LogP) is 4.42. The van der Waals surface area contributed by atoms with Gasteiger partial charge in [-0.15, -0.1) is 0 Å². The van der Waals surface area contributed by atoms with Crippen molar-refractivity contribution >= 4 is 34.6 Å². The number of carbonyl (C=O) groups excluding carboxylic acids is 1. The van der Waals surface area contributed by atoms with Crippen molar-refractivity contribution in [3.05, 3.63) is 58.1 Å². The fourth-order valence-electron chi connectivity index (χ4n) is 2.33. The Labute approximate surface area is 128 Å². The van der Waals surface area contributed by atoms with Crippen LogP contribution in [0.3, 0.4) is 0 Å². The molecule has 2 aromatic carbocycles. The fourth-order valence-corrected chi connectivity index (χ4v) is 2.46. The highest BCUT2D eigenvalue weighted by atomic mass is 35.5. The molecular weight excluding hydrogens is 284 g/mol. The van der Waals surface area contributed by atoms with E-state index in [0.29, 0.717) is 5.02 Å². The quantitative estimate of drug-likeness (QED) is 0.832. The Hall–Kier alpha value is -2.13. The van der Waals surface area contributed by atoms with Crippen LogP contribution in [0.1, 0.15) is 23.1 Å². The van der Waals surface area contributed by atoms with E-state index in [9.17, 15) is 4.79 Å². The molecule has 0 saturated carbocycles. The number of hydrogen-bond acceptors (Lipinski definition) is 2. The predicted molar refractivity (Wildman–Crippen MR) is 86.8 cm³/mol. The van der Waals surface area contributed by atoms with Crippen LogP contribution in [-0.4, -0.2) is 11.6 Å². The molecule has 0 fully saturated rings. The summed E-state index contributed by atoms with van der Waals surface area (Å²) in [6, 6.07) is 11.4. The van der Waals surface area contributed by atoms with E-state index in [2.05, 4.69) is 10.3 Å². The van der Waals surface area contributed by atoms with Crippen molar-refractivity contribution in [1.82, 2.24) is 0 Å².